The Kier molecular flexibility index (Phi) is 6.21. The van der Waals surface area contributed by atoms with Crippen LogP contribution in [0.5, 0.6) is 5.75 Å². The minimum absolute atomic E-state index is 0.0257. The van der Waals surface area contributed by atoms with Crippen molar-refractivity contribution >= 4 is 33.7 Å². The van der Waals surface area contributed by atoms with Crippen LogP contribution in [-0.2, 0) is 17.0 Å². The third-order valence-corrected chi connectivity index (χ3v) is 7.50. The van der Waals surface area contributed by atoms with E-state index < -0.39 is 0 Å². The number of hydrogen-bond donors (Lipinski definition) is 0. The summed E-state index contributed by atoms with van der Waals surface area (Å²) in [6.45, 7) is 1.25. The van der Waals surface area contributed by atoms with E-state index in [2.05, 4.69) is 10.6 Å². The summed E-state index contributed by atoms with van der Waals surface area (Å²) in [5.74, 6) is 2.24. The van der Waals surface area contributed by atoms with Crippen LogP contribution in [0, 0.1) is 0 Å². The third-order valence-electron chi connectivity index (χ3n) is 6.53. The average molecular weight is 499 g/mol. The summed E-state index contributed by atoms with van der Waals surface area (Å²) in [5, 5.41) is 1.31. The van der Waals surface area contributed by atoms with Crippen LogP contribution in [0.15, 0.2) is 82.7 Å². The zero-order valence-corrected chi connectivity index (χ0v) is 20.8. The Morgan fingerprint density at radius 3 is 2.56 bits per heavy atom. The summed E-state index contributed by atoms with van der Waals surface area (Å²) in [6, 6.07) is 23.6. The molecule has 5 aromatic rings. The van der Waals surface area contributed by atoms with E-state index in [1.54, 1.807) is 11.7 Å². The molecule has 0 amide bonds. The highest BCUT2D eigenvalue weighted by molar-refractivity contribution is 7.98. The highest BCUT2D eigenvalue weighted by Gasteiger charge is 2.21. The van der Waals surface area contributed by atoms with Crippen molar-refractivity contribution in [2.45, 2.75) is 36.4 Å². The van der Waals surface area contributed by atoms with E-state index in [1.165, 1.54) is 11.8 Å². The molecule has 1 aliphatic rings. The second-order valence-corrected chi connectivity index (χ2v) is 9.74. The lowest BCUT2D eigenvalue weighted by Crippen LogP contribution is -2.28. The highest BCUT2D eigenvalue weighted by atomic mass is 32.2. The molecule has 0 saturated carbocycles. The van der Waals surface area contributed by atoms with E-state index in [0.29, 0.717) is 28.4 Å². The number of imidazole rings is 1. The fourth-order valence-corrected chi connectivity index (χ4v) is 5.66. The largest absolute Gasteiger partial charge is 0.497 e. The molecular weight excluding hydrogens is 472 g/mol. The summed E-state index contributed by atoms with van der Waals surface area (Å²) < 4.78 is 15.1. The Bertz CT molecular complexity index is 1590. The van der Waals surface area contributed by atoms with Crippen LogP contribution in [0.2, 0.25) is 0 Å². The van der Waals surface area contributed by atoms with Crippen molar-refractivity contribution in [2.75, 3.05) is 13.7 Å². The number of benzene rings is 3. The number of methoxy groups -OCH3 is 1. The second kappa shape index (κ2) is 9.79. The van der Waals surface area contributed by atoms with Gasteiger partial charge in [-0.05, 0) is 61.4 Å². The molecule has 6 rings (SSSR count). The maximum Gasteiger partial charge on any atom is 0.262 e. The average Bonchev–Trinajstić information content (AvgIpc) is 3.57. The van der Waals surface area contributed by atoms with Crippen molar-refractivity contribution < 1.29 is 9.47 Å². The molecule has 1 unspecified atom stereocenters. The number of hydrogen-bond acceptors (Lipinski definition) is 6. The normalized spacial score (nSPS) is 15.6. The van der Waals surface area contributed by atoms with Gasteiger partial charge in [0.25, 0.3) is 5.56 Å². The number of thioether (sulfide) groups is 1. The summed E-state index contributed by atoms with van der Waals surface area (Å²) in [7, 11) is 1.66. The fraction of sp³-hybridized carbons (Fsp3) is 0.250. The molecule has 1 saturated heterocycles. The Morgan fingerprint density at radius 1 is 1.00 bits per heavy atom. The van der Waals surface area contributed by atoms with E-state index in [1.807, 2.05) is 66.7 Å². The molecule has 0 bridgehead atoms. The Labute approximate surface area is 212 Å². The zero-order valence-electron chi connectivity index (χ0n) is 20.0. The van der Waals surface area contributed by atoms with Gasteiger partial charge in [-0.25, -0.2) is 9.97 Å². The predicted octanol–water partition coefficient (Wildman–Crippen LogP) is 5.22. The van der Waals surface area contributed by atoms with E-state index in [0.717, 1.165) is 47.7 Å². The lowest BCUT2D eigenvalue weighted by molar-refractivity contribution is 0.0937. The molecular formula is C28H26N4O3S. The maximum atomic E-state index is 13.5. The monoisotopic (exact) mass is 498 g/mol. The van der Waals surface area contributed by atoms with E-state index in [-0.39, 0.29) is 11.7 Å². The van der Waals surface area contributed by atoms with Crippen LogP contribution in [0.25, 0.3) is 27.6 Å². The second-order valence-electron chi connectivity index (χ2n) is 8.80. The number of para-hydroxylation sites is 3. The van der Waals surface area contributed by atoms with Gasteiger partial charge in [0.05, 0.1) is 47.4 Å². The van der Waals surface area contributed by atoms with Gasteiger partial charge in [-0.15, -0.1) is 0 Å². The quantitative estimate of drug-likeness (QED) is 0.226. The van der Waals surface area contributed by atoms with Gasteiger partial charge in [-0.3, -0.25) is 13.9 Å². The maximum absolute atomic E-state index is 13.5. The Balaban J connectivity index is 1.40. The minimum atomic E-state index is -0.0257. The van der Waals surface area contributed by atoms with Gasteiger partial charge in [0, 0.05) is 12.3 Å². The lowest BCUT2D eigenvalue weighted by atomic mass is 10.2. The molecule has 36 heavy (non-hydrogen) atoms. The van der Waals surface area contributed by atoms with Crippen LogP contribution in [0.3, 0.4) is 0 Å². The number of ether oxygens (including phenoxy) is 2. The molecule has 3 aromatic carbocycles. The fourth-order valence-electron chi connectivity index (χ4n) is 4.73. The first kappa shape index (κ1) is 22.8. The predicted molar refractivity (Wildman–Crippen MR) is 142 cm³/mol. The van der Waals surface area contributed by atoms with E-state index in [4.69, 9.17) is 19.4 Å². The molecule has 3 heterocycles. The standard InChI is InChI=1S/C28H26N4O3S/c1-34-20-14-12-19(13-15-20)32-25-11-5-4-10-24(25)29-26(32)18-36-28-30-23-9-3-2-8-22(23)27(33)31(28)17-21-7-6-16-35-21/h2-5,8-15,21H,6-7,16-18H2,1H3. The Hall–Kier alpha value is -3.62. The Morgan fingerprint density at radius 2 is 1.78 bits per heavy atom. The van der Waals surface area contributed by atoms with Crippen LogP contribution in [0.4, 0.5) is 0 Å². The molecule has 1 atom stereocenters. The smallest absolute Gasteiger partial charge is 0.262 e. The van der Waals surface area contributed by atoms with Gasteiger partial charge in [0.2, 0.25) is 0 Å². The van der Waals surface area contributed by atoms with Crippen molar-refractivity contribution in [3.8, 4) is 11.4 Å². The van der Waals surface area contributed by atoms with Gasteiger partial charge in [0.1, 0.15) is 11.6 Å². The molecule has 0 N–H and O–H groups in total. The number of aromatic nitrogens is 4. The molecule has 1 aliphatic heterocycles. The summed E-state index contributed by atoms with van der Waals surface area (Å²) >= 11 is 1.53. The van der Waals surface area contributed by atoms with Crippen LogP contribution < -0.4 is 10.3 Å². The van der Waals surface area contributed by atoms with Crippen LogP contribution in [0.1, 0.15) is 18.7 Å². The lowest BCUT2D eigenvalue weighted by Gasteiger charge is -2.16. The molecule has 8 heteroatoms. The van der Waals surface area contributed by atoms with Gasteiger partial charge in [-0.1, -0.05) is 36.0 Å². The van der Waals surface area contributed by atoms with Crippen molar-refractivity contribution in [2.24, 2.45) is 0 Å². The zero-order chi connectivity index (χ0) is 24.5. The number of nitrogens with zero attached hydrogens (tertiary/aromatic N) is 4. The molecule has 2 aromatic heterocycles. The minimum Gasteiger partial charge on any atom is -0.497 e. The van der Waals surface area contributed by atoms with Crippen molar-refractivity contribution in [3.05, 3.63) is 89.0 Å². The first-order valence-electron chi connectivity index (χ1n) is 12.1. The van der Waals surface area contributed by atoms with Gasteiger partial charge in [0.15, 0.2) is 5.16 Å². The number of rotatable bonds is 7. The summed E-state index contributed by atoms with van der Waals surface area (Å²) in [5.41, 5.74) is 3.64. The van der Waals surface area contributed by atoms with Gasteiger partial charge in [-0.2, -0.15) is 0 Å². The molecule has 0 aliphatic carbocycles. The molecule has 182 valence electrons. The molecule has 7 nitrogen and oxygen atoms in total. The van der Waals surface area contributed by atoms with Gasteiger partial charge >= 0.3 is 0 Å². The molecule has 0 spiro atoms. The van der Waals surface area contributed by atoms with Crippen LogP contribution >= 0.6 is 11.8 Å². The summed E-state index contributed by atoms with van der Waals surface area (Å²) in [6.07, 6.45) is 2.01. The molecule has 0 radical (unpaired) electrons. The van der Waals surface area contributed by atoms with Crippen molar-refractivity contribution in [1.29, 1.82) is 0 Å². The third kappa shape index (κ3) is 4.27. The van der Waals surface area contributed by atoms with Gasteiger partial charge < -0.3 is 9.47 Å². The van der Waals surface area contributed by atoms with E-state index >= 15 is 0 Å². The highest BCUT2D eigenvalue weighted by Crippen LogP contribution is 2.29. The first-order valence-corrected chi connectivity index (χ1v) is 13.0. The van der Waals surface area contributed by atoms with E-state index in [9.17, 15) is 4.79 Å². The van der Waals surface area contributed by atoms with Crippen molar-refractivity contribution in [3.63, 3.8) is 0 Å². The number of fused-ring (bicyclic) bond motifs is 2. The summed E-state index contributed by atoms with van der Waals surface area (Å²) in [4.78, 5) is 23.3. The van der Waals surface area contributed by atoms with Crippen molar-refractivity contribution in [1.82, 2.24) is 19.1 Å². The first-order chi connectivity index (χ1) is 17.7. The van der Waals surface area contributed by atoms with Crippen LogP contribution in [-0.4, -0.2) is 38.9 Å². The topological polar surface area (TPSA) is 71.2 Å². The molecule has 1 fully saturated rings. The SMILES string of the molecule is COc1ccc(-n2c(CSc3nc4ccccc4c(=O)n3CC3CCCO3)nc3ccccc32)cc1.